The molecule has 0 aliphatic heterocycles. The lowest BCUT2D eigenvalue weighted by atomic mass is 9.78. The van der Waals surface area contributed by atoms with Crippen LogP contribution in [0.4, 0.5) is 0 Å². The topological polar surface area (TPSA) is 60.4 Å². The van der Waals surface area contributed by atoms with Crippen LogP contribution in [0.3, 0.4) is 0 Å². The predicted molar refractivity (Wildman–Crippen MR) is 46.4 cm³/mol. The lowest BCUT2D eigenvalue weighted by molar-refractivity contribution is -0.147. The van der Waals surface area contributed by atoms with E-state index >= 15 is 0 Å². The molecule has 3 atom stereocenters. The second kappa shape index (κ2) is 3.52. The Morgan fingerprint density at radius 3 is 2.43 bits per heavy atom. The third-order valence-electron chi connectivity index (χ3n) is 3.23. The van der Waals surface area contributed by atoms with Crippen molar-refractivity contribution in [2.24, 2.45) is 11.8 Å². The van der Waals surface area contributed by atoms with Gasteiger partial charge in [-0.05, 0) is 12.8 Å². The monoisotopic (exact) mass is 196 g/mol. The maximum absolute atomic E-state index is 11.5. The minimum Gasteiger partial charge on any atom is -0.464 e. The Labute approximate surface area is 81.6 Å². The van der Waals surface area contributed by atoms with Crippen LogP contribution in [0.5, 0.6) is 0 Å². The Morgan fingerprint density at radius 1 is 1.14 bits per heavy atom. The van der Waals surface area contributed by atoms with Crippen molar-refractivity contribution >= 4 is 18.0 Å². The summed E-state index contributed by atoms with van der Waals surface area (Å²) in [6, 6.07) is 0. The van der Waals surface area contributed by atoms with E-state index in [1.54, 1.807) is 0 Å². The average Bonchev–Trinajstić information content (AvgIpc) is 2.54. The summed E-state index contributed by atoms with van der Waals surface area (Å²) >= 11 is 0. The molecule has 76 valence electrons. The molecule has 0 aromatic carbocycles. The molecule has 0 spiro atoms. The summed E-state index contributed by atoms with van der Waals surface area (Å²) in [5, 5.41) is 0. The summed E-state index contributed by atoms with van der Waals surface area (Å²) in [6.07, 6.45) is 1.87. The fraction of sp³-hybridized carbons (Fsp3) is 0.700. The molecule has 3 unspecified atom stereocenters. The van der Waals surface area contributed by atoms with E-state index in [4.69, 9.17) is 4.74 Å². The summed E-state index contributed by atoms with van der Waals surface area (Å²) in [4.78, 5) is 33.1. The number of Topliss-reactive ketones (excluding diaryl/α,β-unsaturated/α-hetero) is 2. The Hall–Kier alpha value is -1.19. The first kappa shape index (κ1) is 9.37. The number of carbonyl (C=O) groups is 3. The Bertz CT molecular complexity index is 284. The standard InChI is InChI=1S/C10H12O4/c11-5-14-9-4-3-8(13)10-6(9)1-2-7(10)12/h5-6,9-10H,1-4H2. The number of fused-ring (bicyclic) bond motifs is 1. The van der Waals surface area contributed by atoms with Crippen LogP contribution in [-0.2, 0) is 19.1 Å². The van der Waals surface area contributed by atoms with Crippen molar-refractivity contribution < 1.29 is 19.1 Å². The Kier molecular flexibility index (Phi) is 2.35. The van der Waals surface area contributed by atoms with Crippen molar-refractivity contribution in [1.82, 2.24) is 0 Å². The van der Waals surface area contributed by atoms with Gasteiger partial charge in [-0.3, -0.25) is 14.4 Å². The van der Waals surface area contributed by atoms with E-state index in [0.717, 1.165) is 0 Å². The first-order chi connectivity index (χ1) is 6.74. The van der Waals surface area contributed by atoms with Crippen LogP contribution in [0.2, 0.25) is 0 Å². The van der Waals surface area contributed by atoms with Crippen molar-refractivity contribution in [2.45, 2.75) is 31.8 Å². The second-order valence-electron chi connectivity index (χ2n) is 3.92. The van der Waals surface area contributed by atoms with Gasteiger partial charge in [-0.25, -0.2) is 0 Å². The average molecular weight is 196 g/mol. The van der Waals surface area contributed by atoms with Crippen LogP contribution in [0, 0.1) is 11.8 Å². The molecule has 0 N–H and O–H groups in total. The molecule has 2 rings (SSSR count). The molecule has 2 saturated carbocycles. The van der Waals surface area contributed by atoms with E-state index in [-0.39, 0.29) is 23.6 Å². The predicted octanol–water partition coefficient (Wildman–Crippen LogP) is 0.486. The molecule has 0 aromatic heterocycles. The minimum atomic E-state index is -0.478. The molecular formula is C10H12O4. The number of hydrogen-bond acceptors (Lipinski definition) is 4. The van der Waals surface area contributed by atoms with Gasteiger partial charge in [0.1, 0.15) is 17.7 Å². The highest BCUT2D eigenvalue weighted by molar-refractivity contribution is 6.04. The van der Waals surface area contributed by atoms with Crippen molar-refractivity contribution in [3.8, 4) is 0 Å². The molecule has 2 aliphatic rings. The second-order valence-corrected chi connectivity index (χ2v) is 3.92. The fourth-order valence-electron chi connectivity index (χ4n) is 2.58. The molecule has 2 fully saturated rings. The van der Waals surface area contributed by atoms with Gasteiger partial charge in [-0.1, -0.05) is 0 Å². The van der Waals surface area contributed by atoms with Gasteiger partial charge < -0.3 is 4.74 Å². The summed E-state index contributed by atoms with van der Waals surface area (Å²) in [5.74, 6) is -0.468. The summed E-state index contributed by atoms with van der Waals surface area (Å²) in [5.41, 5.74) is 0. The van der Waals surface area contributed by atoms with Gasteiger partial charge in [-0.2, -0.15) is 0 Å². The zero-order valence-electron chi connectivity index (χ0n) is 7.77. The van der Waals surface area contributed by atoms with Crippen LogP contribution in [0.15, 0.2) is 0 Å². The highest BCUT2D eigenvalue weighted by Crippen LogP contribution is 2.39. The number of ether oxygens (including phenoxy) is 1. The maximum Gasteiger partial charge on any atom is 0.293 e. The molecule has 0 amide bonds. The van der Waals surface area contributed by atoms with Gasteiger partial charge in [0, 0.05) is 18.8 Å². The zero-order valence-corrected chi connectivity index (χ0v) is 7.77. The van der Waals surface area contributed by atoms with Gasteiger partial charge in [0.2, 0.25) is 0 Å². The molecule has 4 nitrogen and oxygen atoms in total. The van der Waals surface area contributed by atoms with E-state index in [2.05, 4.69) is 0 Å². The maximum atomic E-state index is 11.5. The van der Waals surface area contributed by atoms with E-state index in [0.29, 0.717) is 32.2 Å². The van der Waals surface area contributed by atoms with Crippen LogP contribution < -0.4 is 0 Å². The van der Waals surface area contributed by atoms with E-state index < -0.39 is 5.92 Å². The zero-order chi connectivity index (χ0) is 10.1. The van der Waals surface area contributed by atoms with Gasteiger partial charge in [0.15, 0.2) is 0 Å². The fourth-order valence-corrected chi connectivity index (χ4v) is 2.58. The summed E-state index contributed by atoms with van der Waals surface area (Å²) < 4.78 is 4.91. The Morgan fingerprint density at radius 2 is 1.79 bits per heavy atom. The normalized spacial score (nSPS) is 36.7. The molecule has 0 heterocycles. The highest BCUT2D eigenvalue weighted by Gasteiger charge is 2.47. The summed E-state index contributed by atoms with van der Waals surface area (Å²) in [6.45, 7) is 0.417. The number of hydrogen-bond donors (Lipinski definition) is 0. The minimum absolute atomic E-state index is 0.0270. The molecule has 0 aromatic rings. The first-order valence-electron chi connectivity index (χ1n) is 4.88. The third kappa shape index (κ3) is 1.35. The molecule has 0 saturated heterocycles. The van der Waals surface area contributed by atoms with Crippen LogP contribution in [0.25, 0.3) is 0 Å². The molecule has 14 heavy (non-hydrogen) atoms. The van der Waals surface area contributed by atoms with Gasteiger partial charge >= 0.3 is 0 Å². The van der Waals surface area contributed by atoms with Gasteiger partial charge in [0.25, 0.3) is 6.47 Å². The van der Waals surface area contributed by atoms with E-state index in [1.807, 2.05) is 0 Å². The molecule has 4 heteroatoms. The highest BCUT2D eigenvalue weighted by atomic mass is 16.5. The number of rotatable bonds is 2. The Balaban J connectivity index is 2.16. The summed E-state index contributed by atoms with van der Waals surface area (Å²) in [7, 11) is 0. The lowest BCUT2D eigenvalue weighted by Gasteiger charge is -2.30. The molecule has 0 radical (unpaired) electrons. The molecular weight excluding hydrogens is 184 g/mol. The number of carbonyl (C=O) groups excluding carboxylic acids is 3. The van der Waals surface area contributed by atoms with E-state index in [1.165, 1.54) is 0 Å². The van der Waals surface area contributed by atoms with Crippen LogP contribution in [-0.4, -0.2) is 24.1 Å². The quantitative estimate of drug-likeness (QED) is 0.476. The third-order valence-corrected chi connectivity index (χ3v) is 3.23. The first-order valence-corrected chi connectivity index (χ1v) is 4.88. The van der Waals surface area contributed by atoms with E-state index in [9.17, 15) is 14.4 Å². The lowest BCUT2D eigenvalue weighted by Crippen LogP contribution is -2.39. The van der Waals surface area contributed by atoms with Crippen molar-refractivity contribution in [3.05, 3.63) is 0 Å². The van der Waals surface area contributed by atoms with Gasteiger partial charge in [0.05, 0.1) is 5.92 Å². The van der Waals surface area contributed by atoms with Crippen molar-refractivity contribution in [1.29, 1.82) is 0 Å². The van der Waals surface area contributed by atoms with Crippen molar-refractivity contribution in [3.63, 3.8) is 0 Å². The van der Waals surface area contributed by atoms with Crippen LogP contribution >= 0.6 is 0 Å². The van der Waals surface area contributed by atoms with Crippen LogP contribution in [0.1, 0.15) is 25.7 Å². The SMILES string of the molecule is O=COC1CCC(=O)C2C(=O)CCC12. The van der Waals surface area contributed by atoms with Gasteiger partial charge in [-0.15, -0.1) is 0 Å². The number of ketones is 2. The largest absolute Gasteiger partial charge is 0.464 e. The molecule has 0 bridgehead atoms. The molecule has 2 aliphatic carbocycles. The smallest absolute Gasteiger partial charge is 0.293 e. The van der Waals surface area contributed by atoms with Crippen molar-refractivity contribution in [2.75, 3.05) is 0 Å².